The lowest BCUT2D eigenvalue weighted by molar-refractivity contribution is 0.270. The van der Waals surface area contributed by atoms with Crippen LogP contribution in [0.25, 0.3) is 0 Å². The van der Waals surface area contributed by atoms with Crippen molar-refractivity contribution in [1.82, 2.24) is 5.32 Å². The van der Waals surface area contributed by atoms with Crippen molar-refractivity contribution in [2.75, 3.05) is 6.54 Å². The number of nitrogens with one attached hydrogen (secondary N) is 1. The molecule has 1 N–H and O–H groups in total. The summed E-state index contributed by atoms with van der Waals surface area (Å²) in [5.41, 5.74) is 1.14. The van der Waals surface area contributed by atoms with Gasteiger partial charge in [0.1, 0.15) is 0 Å². The van der Waals surface area contributed by atoms with Gasteiger partial charge in [0.2, 0.25) is 0 Å². The minimum atomic E-state index is 0.307. The van der Waals surface area contributed by atoms with Crippen LogP contribution >= 0.6 is 0 Å². The van der Waals surface area contributed by atoms with Crippen LogP contribution in [0.15, 0.2) is 0 Å². The maximum atomic E-state index is 3.69. The largest absolute Gasteiger partial charge is 0.312 e. The Morgan fingerprint density at radius 1 is 1.20 bits per heavy atom. The molecule has 0 aromatic carbocycles. The number of hydrogen-bond donors (Lipinski definition) is 1. The highest BCUT2D eigenvalue weighted by Gasteiger charge is 2.64. The Balaban J connectivity index is 1.56. The Morgan fingerprint density at radius 3 is 2.53 bits per heavy atom. The molecule has 0 aromatic heterocycles. The summed E-state index contributed by atoms with van der Waals surface area (Å²) >= 11 is 0. The minimum absolute atomic E-state index is 0.307. The van der Waals surface area contributed by atoms with Gasteiger partial charge in [0.25, 0.3) is 0 Å². The van der Waals surface area contributed by atoms with E-state index >= 15 is 0 Å². The van der Waals surface area contributed by atoms with Crippen LogP contribution in [0.4, 0.5) is 0 Å². The van der Waals surface area contributed by atoms with Gasteiger partial charge in [-0.2, -0.15) is 0 Å². The van der Waals surface area contributed by atoms with Crippen molar-refractivity contribution < 1.29 is 0 Å². The minimum Gasteiger partial charge on any atom is -0.312 e. The van der Waals surface area contributed by atoms with Crippen molar-refractivity contribution in [1.29, 1.82) is 0 Å². The predicted octanol–water partition coefficient (Wildman–Crippen LogP) is 3.20. The quantitative estimate of drug-likeness (QED) is 0.733. The average Bonchev–Trinajstić information content (AvgIpc) is 2.54. The van der Waals surface area contributed by atoms with Crippen LogP contribution in [0.5, 0.6) is 0 Å². The van der Waals surface area contributed by atoms with Crippen LogP contribution in [-0.4, -0.2) is 12.1 Å². The third kappa shape index (κ3) is 1.63. The van der Waals surface area contributed by atoms with E-state index in [-0.39, 0.29) is 0 Å². The van der Waals surface area contributed by atoms with Crippen LogP contribution in [0.3, 0.4) is 0 Å². The summed E-state index contributed by atoms with van der Waals surface area (Å²) < 4.78 is 0. The fourth-order valence-corrected chi connectivity index (χ4v) is 4.34. The lowest BCUT2D eigenvalue weighted by atomic mass is 9.83. The van der Waals surface area contributed by atoms with Crippen molar-refractivity contribution in [3.8, 4) is 0 Å². The van der Waals surface area contributed by atoms with Gasteiger partial charge in [-0.15, -0.1) is 0 Å². The molecule has 4 atom stereocenters. The van der Waals surface area contributed by atoms with Crippen molar-refractivity contribution in [2.24, 2.45) is 23.2 Å². The number of rotatable bonds is 2. The van der Waals surface area contributed by atoms with E-state index in [1.165, 1.54) is 13.0 Å². The van der Waals surface area contributed by atoms with Gasteiger partial charge >= 0.3 is 0 Å². The summed E-state index contributed by atoms with van der Waals surface area (Å²) in [6, 6.07) is 0. The lowest BCUT2D eigenvalue weighted by Gasteiger charge is -2.25. The first-order valence-corrected chi connectivity index (χ1v) is 6.75. The fraction of sp³-hybridized carbons (Fsp3) is 1.00. The molecule has 2 bridgehead atoms. The van der Waals surface area contributed by atoms with Crippen LogP contribution in [-0.2, 0) is 0 Å². The van der Waals surface area contributed by atoms with Gasteiger partial charge in [-0.3, -0.25) is 0 Å². The molecule has 1 nitrogen and oxygen atoms in total. The molecule has 4 unspecified atom stereocenters. The Labute approximate surface area is 94.0 Å². The molecular weight excluding hydrogens is 182 g/mol. The van der Waals surface area contributed by atoms with Crippen molar-refractivity contribution in [3.63, 3.8) is 0 Å². The molecule has 3 fully saturated rings. The molecule has 0 aliphatic heterocycles. The summed E-state index contributed by atoms with van der Waals surface area (Å²) in [5.74, 6) is 3.26. The molecule has 0 amide bonds. The summed E-state index contributed by atoms with van der Waals surface area (Å²) in [6.45, 7) is 8.11. The highest BCUT2D eigenvalue weighted by atomic mass is 15.0. The van der Waals surface area contributed by atoms with Gasteiger partial charge < -0.3 is 5.32 Å². The molecule has 86 valence electrons. The SMILES string of the molecule is CC(C)(C)NCC1CC12CC1CCC2C1. The van der Waals surface area contributed by atoms with Crippen LogP contribution in [0.1, 0.15) is 52.9 Å². The van der Waals surface area contributed by atoms with Crippen LogP contribution in [0, 0.1) is 23.2 Å². The molecular formula is C14H25N. The van der Waals surface area contributed by atoms with E-state index in [0.717, 1.165) is 23.2 Å². The molecule has 0 radical (unpaired) electrons. The van der Waals surface area contributed by atoms with E-state index in [2.05, 4.69) is 26.1 Å². The third-order valence-corrected chi connectivity index (χ3v) is 5.18. The number of hydrogen-bond acceptors (Lipinski definition) is 1. The summed E-state index contributed by atoms with van der Waals surface area (Å²) in [5, 5.41) is 3.69. The average molecular weight is 207 g/mol. The van der Waals surface area contributed by atoms with Crippen molar-refractivity contribution in [2.45, 2.75) is 58.4 Å². The first-order chi connectivity index (χ1) is 7.00. The van der Waals surface area contributed by atoms with Gasteiger partial charge in [0, 0.05) is 5.54 Å². The van der Waals surface area contributed by atoms with E-state index < -0.39 is 0 Å². The van der Waals surface area contributed by atoms with E-state index in [0.29, 0.717) is 5.54 Å². The third-order valence-electron chi connectivity index (χ3n) is 5.18. The first-order valence-electron chi connectivity index (χ1n) is 6.75. The zero-order valence-electron chi connectivity index (χ0n) is 10.5. The van der Waals surface area contributed by atoms with Gasteiger partial charge in [0.05, 0.1) is 0 Å². The molecule has 0 heterocycles. The molecule has 3 rings (SSSR count). The maximum Gasteiger partial charge on any atom is 0.00966 e. The summed E-state index contributed by atoms with van der Waals surface area (Å²) in [4.78, 5) is 0. The van der Waals surface area contributed by atoms with Crippen LogP contribution < -0.4 is 5.32 Å². The first kappa shape index (κ1) is 10.1. The van der Waals surface area contributed by atoms with E-state index in [1.807, 2.05) is 0 Å². The van der Waals surface area contributed by atoms with E-state index in [4.69, 9.17) is 0 Å². The second-order valence-corrected chi connectivity index (χ2v) is 7.35. The van der Waals surface area contributed by atoms with Crippen molar-refractivity contribution in [3.05, 3.63) is 0 Å². The van der Waals surface area contributed by atoms with Gasteiger partial charge in [-0.1, -0.05) is 6.42 Å². The normalized spacial score (nSPS) is 47.8. The van der Waals surface area contributed by atoms with E-state index in [1.54, 1.807) is 25.7 Å². The Hall–Kier alpha value is -0.0400. The molecule has 0 aromatic rings. The molecule has 15 heavy (non-hydrogen) atoms. The highest BCUT2D eigenvalue weighted by Crippen LogP contribution is 2.71. The maximum absolute atomic E-state index is 3.69. The topological polar surface area (TPSA) is 12.0 Å². The predicted molar refractivity (Wildman–Crippen MR) is 63.7 cm³/mol. The van der Waals surface area contributed by atoms with E-state index in [9.17, 15) is 0 Å². The zero-order valence-corrected chi connectivity index (χ0v) is 10.5. The molecule has 1 spiro atoms. The molecule has 3 aliphatic rings. The Kier molecular flexibility index (Phi) is 2.03. The summed E-state index contributed by atoms with van der Waals surface area (Å²) in [7, 11) is 0. The van der Waals surface area contributed by atoms with Crippen molar-refractivity contribution >= 4 is 0 Å². The van der Waals surface area contributed by atoms with Crippen LogP contribution in [0.2, 0.25) is 0 Å². The monoisotopic (exact) mass is 207 g/mol. The molecule has 3 aliphatic carbocycles. The highest BCUT2D eigenvalue weighted by molar-refractivity contribution is 5.14. The zero-order chi connectivity index (χ0) is 10.7. The molecule has 0 saturated heterocycles. The molecule has 3 saturated carbocycles. The molecule has 1 heteroatoms. The van der Waals surface area contributed by atoms with Gasteiger partial charge in [-0.05, 0) is 76.2 Å². The fourth-order valence-electron chi connectivity index (χ4n) is 4.34. The van der Waals surface area contributed by atoms with Gasteiger partial charge in [0.15, 0.2) is 0 Å². The Morgan fingerprint density at radius 2 is 2.00 bits per heavy atom. The second kappa shape index (κ2) is 3.00. The summed E-state index contributed by atoms with van der Waals surface area (Å²) in [6.07, 6.45) is 7.79. The van der Waals surface area contributed by atoms with Gasteiger partial charge in [-0.25, -0.2) is 0 Å². The second-order valence-electron chi connectivity index (χ2n) is 7.35. The number of fused-ring (bicyclic) bond motifs is 3. The lowest BCUT2D eigenvalue weighted by Crippen LogP contribution is -2.38. The Bertz CT molecular complexity index is 265. The smallest absolute Gasteiger partial charge is 0.00966 e. The standard InChI is InChI=1S/C14H25N/c1-13(2,3)15-9-12-8-14(12)7-10-4-5-11(14)6-10/h10-12,15H,4-9H2,1-3H3.